The van der Waals surface area contributed by atoms with Crippen molar-refractivity contribution in [2.45, 2.75) is 26.8 Å². The Labute approximate surface area is 142 Å². The number of carbonyl (C=O) groups excluding carboxylic acids is 2. The Morgan fingerprint density at radius 3 is 2.38 bits per heavy atom. The van der Waals surface area contributed by atoms with E-state index in [0.717, 1.165) is 24.2 Å². The van der Waals surface area contributed by atoms with E-state index in [1.54, 1.807) is 0 Å². The molecule has 130 valence electrons. The normalized spacial score (nSPS) is 17.5. The highest BCUT2D eigenvalue weighted by atomic mass is 16.5. The van der Waals surface area contributed by atoms with Gasteiger partial charge in [0.15, 0.2) is 0 Å². The summed E-state index contributed by atoms with van der Waals surface area (Å²) in [6, 6.07) is 6.94. The topological polar surface area (TPSA) is 70.7 Å². The Hall–Kier alpha value is -2.34. The number of likely N-dealkylation sites (N-methyl/N-ethyl adjacent to an activating group) is 1. The number of urea groups is 1. The van der Waals surface area contributed by atoms with Gasteiger partial charge in [-0.25, -0.2) is 9.59 Å². The molecule has 0 aromatic heterocycles. The fourth-order valence-electron chi connectivity index (χ4n) is 2.77. The van der Waals surface area contributed by atoms with E-state index in [-0.39, 0.29) is 6.03 Å². The summed E-state index contributed by atoms with van der Waals surface area (Å²) in [5, 5.41) is 5.61. The van der Waals surface area contributed by atoms with Crippen LogP contribution in [0.5, 0.6) is 0 Å². The second kappa shape index (κ2) is 7.97. The quantitative estimate of drug-likeness (QED) is 0.783. The maximum atomic E-state index is 12.4. The maximum absolute atomic E-state index is 12.4. The molecule has 1 aromatic carbocycles. The fourth-order valence-corrected chi connectivity index (χ4v) is 2.77. The molecule has 0 saturated heterocycles. The third-order valence-corrected chi connectivity index (χ3v) is 4.25. The molecule has 0 aliphatic carbocycles. The molecule has 0 spiro atoms. The van der Waals surface area contributed by atoms with Crippen molar-refractivity contribution in [1.29, 1.82) is 0 Å². The fraction of sp³-hybridized carbons (Fsp3) is 0.444. The average Bonchev–Trinajstić information content (AvgIpc) is 2.59. The molecule has 6 heteroatoms. The van der Waals surface area contributed by atoms with Crippen molar-refractivity contribution in [3.05, 3.63) is 46.7 Å². The van der Waals surface area contributed by atoms with Crippen LogP contribution < -0.4 is 10.6 Å². The van der Waals surface area contributed by atoms with Gasteiger partial charge < -0.3 is 15.4 Å². The maximum Gasteiger partial charge on any atom is 0.338 e. The third kappa shape index (κ3) is 3.94. The smallest absolute Gasteiger partial charge is 0.338 e. The molecule has 1 aromatic rings. The van der Waals surface area contributed by atoms with Crippen molar-refractivity contribution in [2.24, 2.45) is 0 Å². The van der Waals surface area contributed by atoms with Crippen LogP contribution in [-0.2, 0) is 9.53 Å². The lowest BCUT2D eigenvalue weighted by atomic mass is 9.94. The molecule has 0 radical (unpaired) electrons. The first-order chi connectivity index (χ1) is 11.5. The minimum absolute atomic E-state index is 0.310. The molecule has 0 saturated carbocycles. The summed E-state index contributed by atoms with van der Waals surface area (Å²) in [5.74, 6) is -0.435. The Bertz CT molecular complexity index is 633. The Morgan fingerprint density at radius 2 is 1.83 bits per heavy atom. The van der Waals surface area contributed by atoms with E-state index in [2.05, 4.69) is 15.5 Å². The molecule has 2 N–H and O–H groups in total. The van der Waals surface area contributed by atoms with E-state index in [0.29, 0.717) is 17.8 Å². The van der Waals surface area contributed by atoms with E-state index in [9.17, 15) is 9.59 Å². The van der Waals surface area contributed by atoms with Gasteiger partial charge in [0.25, 0.3) is 0 Å². The molecule has 6 nitrogen and oxygen atoms in total. The van der Waals surface area contributed by atoms with Crippen molar-refractivity contribution in [3.63, 3.8) is 0 Å². The number of nitrogens with one attached hydrogen (secondary N) is 2. The molecular formula is C18H25N3O3. The standard InChI is InChI=1S/C18H25N3O3/c1-5-21(6-2)11-14-15(17(22)24-4)16(20-18(23)19-14)13-9-7-12(3)8-10-13/h7-10,16H,5-6,11H2,1-4H3,(H2,19,20,23)/t16-/m0/s1. The molecule has 24 heavy (non-hydrogen) atoms. The summed E-state index contributed by atoms with van der Waals surface area (Å²) >= 11 is 0. The minimum Gasteiger partial charge on any atom is -0.466 e. The second-order valence-electron chi connectivity index (χ2n) is 5.79. The summed E-state index contributed by atoms with van der Waals surface area (Å²) < 4.78 is 4.97. The Morgan fingerprint density at radius 1 is 1.21 bits per heavy atom. The molecule has 1 aliphatic rings. The lowest BCUT2D eigenvalue weighted by molar-refractivity contribution is -0.136. The Balaban J connectivity index is 2.48. The SMILES string of the molecule is CCN(CC)CC1=C(C(=O)OC)[C@H](c2ccc(C)cc2)NC(=O)N1. The number of esters is 1. The van der Waals surface area contributed by atoms with Gasteiger partial charge in [0, 0.05) is 12.2 Å². The number of hydrogen-bond acceptors (Lipinski definition) is 4. The third-order valence-electron chi connectivity index (χ3n) is 4.25. The number of nitrogens with zero attached hydrogens (tertiary/aromatic N) is 1. The monoisotopic (exact) mass is 331 g/mol. The number of hydrogen-bond donors (Lipinski definition) is 2. The van der Waals surface area contributed by atoms with Crippen LogP contribution in [0.25, 0.3) is 0 Å². The second-order valence-corrected chi connectivity index (χ2v) is 5.79. The number of benzene rings is 1. The van der Waals surface area contributed by atoms with E-state index >= 15 is 0 Å². The van der Waals surface area contributed by atoms with Crippen LogP contribution in [0.1, 0.15) is 31.0 Å². The van der Waals surface area contributed by atoms with Crippen molar-refractivity contribution < 1.29 is 14.3 Å². The molecule has 0 unspecified atom stereocenters. The lowest BCUT2D eigenvalue weighted by Gasteiger charge is -2.31. The van der Waals surface area contributed by atoms with Gasteiger partial charge in [0.05, 0.1) is 18.7 Å². The molecule has 2 amide bonds. The van der Waals surface area contributed by atoms with Crippen LogP contribution in [0.15, 0.2) is 35.5 Å². The van der Waals surface area contributed by atoms with Crippen molar-refractivity contribution in [3.8, 4) is 0 Å². The zero-order chi connectivity index (χ0) is 17.7. The summed E-state index contributed by atoms with van der Waals surface area (Å²) in [5.41, 5.74) is 3.02. The van der Waals surface area contributed by atoms with Gasteiger partial charge in [-0.15, -0.1) is 0 Å². The summed E-state index contributed by atoms with van der Waals surface area (Å²) in [6.07, 6.45) is 0. The van der Waals surface area contributed by atoms with E-state index in [1.165, 1.54) is 7.11 Å². The van der Waals surface area contributed by atoms with Crippen LogP contribution in [-0.4, -0.2) is 43.6 Å². The van der Waals surface area contributed by atoms with Crippen LogP contribution in [0, 0.1) is 6.92 Å². The zero-order valence-electron chi connectivity index (χ0n) is 14.7. The first-order valence-electron chi connectivity index (χ1n) is 8.17. The van der Waals surface area contributed by atoms with E-state index in [4.69, 9.17) is 4.74 Å². The highest BCUT2D eigenvalue weighted by molar-refractivity contribution is 5.95. The average molecular weight is 331 g/mol. The Kier molecular flexibility index (Phi) is 5.98. The van der Waals surface area contributed by atoms with Crippen molar-refractivity contribution in [2.75, 3.05) is 26.7 Å². The first kappa shape index (κ1) is 18.0. The molecule has 1 aliphatic heterocycles. The zero-order valence-corrected chi connectivity index (χ0v) is 14.7. The number of rotatable bonds is 6. The number of amides is 2. The highest BCUT2D eigenvalue weighted by Crippen LogP contribution is 2.28. The van der Waals surface area contributed by atoms with Crippen LogP contribution in [0.4, 0.5) is 4.79 Å². The summed E-state index contributed by atoms with van der Waals surface area (Å²) in [6.45, 7) is 8.23. The highest BCUT2D eigenvalue weighted by Gasteiger charge is 2.33. The van der Waals surface area contributed by atoms with Crippen molar-refractivity contribution in [1.82, 2.24) is 15.5 Å². The number of aryl methyl sites for hydroxylation is 1. The lowest BCUT2D eigenvalue weighted by Crippen LogP contribution is -2.48. The largest absolute Gasteiger partial charge is 0.466 e. The summed E-state index contributed by atoms with van der Waals surface area (Å²) in [7, 11) is 1.35. The minimum atomic E-state index is -0.516. The number of ether oxygens (including phenoxy) is 1. The van der Waals surface area contributed by atoms with E-state index < -0.39 is 12.0 Å². The van der Waals surface area contributed by atoms with Crippen LogP contribution >= 0.6 is 0 Å². The molecule has 2 rings (SSSR count). The van der Waals surface area contributed by atoms with Crippen LogP contribution in [0.2, 0.25) is 0 Å². The van der Waals surface area contributed by atoms with Gasteiger partial charge >= 0.3 is 12.0 Å². The number of carbonyl (C=O) groups is 2. The van der Waals surface area contributed by atoms with E-state index in [1.807, 2.05) is 45.0 Å². The van der Waals surface area contributed by atoms with Gasteiger partial charge in [0.2, 0.25) is 0 Å². The first-order valence-corrected chi connectivity index (χ1v) is 8.17. The molecule has 0 bridgehead atoms. The molecule has 0 fully saturated rings. The molecule has 1 atom stereocenters. The van der Waals surface area contributed by atoms with Gasteiger partial charge in [-0.2, -0.15) is 0 Å². The summed E-state index contributed by atoms with van der Waals surface area (Å²) in [4.78, 5) is 26.6. The molecule has 1 heterocycles. The van der Waals surface area contributed by atoms with Gasteiger partial charge in [-0.1, -0.05) is 43.7 Å². The van der Waals surface area contributed by atoms with Crippen LogP contribution in [0.3, 0.4) is 0 Å². The van der Waals surface area contributed by atoms with Gasteiger partial charge in [0.1, 0.15) is 0 Å². The number of methoxy groups -OCH3 is 1. The van der Waals surface area contributed by atoms with Crippen molar-refractivity contribution >= 4 is 12.0 Å². The molecular weight excluding hydrogens is 306 g/mol. The van der Waals surface area contributed by atoms with Gasteiger partial charge in [-0.3, -0.25) is 4.90 Å². The van der Waals surface area contributed by atoms with Gasteiger partial charge in [-0.05, 0) is 25.6 Å². The predicted octanol–water partition coefficient (Wildman–Crippen LogP) is 2.12. The predicted molar refractivity (Wildman–Crippen MR) is 92.4 cm³/mol.